The second kappa shape index (κ2) is 5.77. The first-order valence-electron chi connectivity index (χ1n) is 4.95. The van der Waals surface area contributed by atoms with Gasteiger partial charge >= 0.3 is 0 Å². The Morgan fingerprint density at radius 1 is 1.28 bits per heavy atom. The van der Waals surface area contributed by atoms with Crippen LogP contribution >= 0.6 is 12.4 Å². The van der Waals surface area contributed by atoms with Crippen LogP contribution in [-0.4, -0.2) is 16.8 Å². The van der Waals surface area contributed by atoms with Crippen LogP contribution in [0.3, 0.4) is 0 Å². The number of hydrogen-bond donors (Lipinski definition) is 3. The van der Waals surface area contributed by atoms with Gasteiger partial charge in [-0.3, -0.25) is 0 Å². The van der Waals surface area contributed by atoms with Crippen molar-refractivity contribution >= 4 is 12.4 Å². The van der Waals surface area contributed by atoms with Crippen LogP contribution in [0.4, 0.5) is 13.2 Å². The normalized spacial score (nSPS) is 13.1. The molecule has 4 N–H and O–H groups in total. The molecule has 0 radical (unpaired) electrons. The fourth-order valence-corrected chi connectivity index (χ4v) is 1.38. The van der Waals surface area contributed by atoms with Crippen molar-refractivity contribution in [2.24, 2.45) is 11.1 Å². The van der Waals surface area contributed by atoms with Gasteiger partial charge in [0.1, 0.15) is 5.75 Å². The summed E-state index contributed by atoms with van der Waals surface area (Å²) in [5, 5.41) is 18.5. The fourth-order valence-electron chi connectivity index (χ4n) is 1.38. The van der Waals surface area contributed by atoms with E-state index in [1.54, 1.807) is 0 Å². The molecule has 1 atom stereocenters. The van der Waals surface area contributed by atoms with E-state index in [-0.39, 0.29) is 12.4 Å². The number of phenols is 1. The topological polar surface area (TPSA) is 66.5 Å². The van der Waals surface area contributed by atoms with Crippen LogP contribution in [0.15, 0.2) is 6.07 Å². The van der Waals surface area contributed by atoms with Crippen LogP contribution in [0.25, 0.3) is 0 Å². The molecule has 0 bridgehead atoms. The highest BCUT2D eigenvalue weighted by atomic mass is 35.5. The zero-order valence-electron chi connectivity index (χ0n) is 9.88. The maximum Gasteiger partial charge on any atom is 0.195 e. The van der Waals surface area contributed by atoms with Gasteiger partial charge in [0, 0.05) is 24.1 Å². The summed E-state index contributed by atoms with van der Waals surface area (Å²) in [5.74, 6) is -5.48. The number of aliphatic hydroxyl groups excluding tert-OH is 1. The van der Waals surface area contributed by atoms with E-state index in [0.717, 1.165) is 0 Å². The Labute approximate surface area is 109 Å². The highest BCUT2D eigenvalue weighted by Crippen LogP contribution is 2.38. The molecule has 1 aromatic rings. The molecule has 1 aromatic carbocycles. The molecule has 0 aromatic heterocycles. The second-order valence-corrected chi connectivity index (χ2v) is 4.54. The van der Waals surface area contributed by atoms with Crippen molar-refractivity contribution in [3.8, 4) is 5.75 Å². The summed E-state index contributed by atoms with van der Waals surface area (Å²) in [7, 11) is 0. The predicted molar refractivity (Wildman–Crippen MR) is 63.0 cm³/mol. The molecule has 0 aliphatic heterocycles. The molecule has 18 heavy (non-hydrogen) atoms. The standard InChI is InChI=1S/C11H14F3NO2.ClH/c1-11(2,4-16)10(15)7-6(17)3-5(12)8(13)9(7)14;/h3,10,16-17H,4,15H2,1-2H3;1H/t10-;/m0./s1. The lowest BCUT2D eigenvalue weighted by molar-refractivity contribution is 0.129. The van der Waals surface area contributed by atoms with Gasteiger partial charge in [-0.15, -0.1) is 12.4 Å². The average molecular weight is 286 g/mol. The van der Waals surface area contributed by atoms with Gasteiger partial charge in [0.2, 0.25) is 0 Å². The van der Waals surface area contributed by atoms with Crippen LogP contribution in [0.1, 0.15) is 25.5 Å². The highest BCUT2D eigenvalue weighted by Gasteiger charge is 2.33. The van der Waals surface area contributed by atoms with Crippen molar-refractivity contribution < 1.29 is 23.4 Å². The lowest BCUT2D eigenvalue weighted by atomic mass is 9.81. The summed E-state index contributed by atoms with van der Waals surface area (Å²) < 4.78 is 39.3. The number of phenolic OH excluding ortho intramolecular Hbond substituents is 1. The van der Waals surface area contributed by atoms with E-state index in [0.29, 0.717) is 6.07 Å². The van der Waals surface area contributed by atoms with Crippen molar-refractivity contribution in [1.82, 2.24) is 0 Å². The molecule has 7 heteroatoms. The monoisotopic (exact) mass is 285 g/mol. The van der Waals surface area contributed by atoms with Gasteiger partial charge in [-0.05, 0) is 0 Å². The van der Waals surface area contributed by atoms with Crippen LogP contribution in [0.2, 0.25) is 0 Å². The van der Waals surface area contributed by atoms with E-state index in [2.05, 4.69) is 0 Å². The number of halogens is 4. The molecule has 104 valence electrons. The summed E-state index contributed by atoms with van der Waals surface area (Å²) in [4.78, 5) is 0. The molecule has 0 saturated carbocycles. The molecule has 0 heterocycles. The van der Waals surface area contributed by atoms with Gasteiger partial charge in [-0.1, -0.05) is 13.8 Å². The van der Waals surface area contributed by atoms with E-state index in [1.165, 1.54) is 13.8 Å². The summed E-state index contributed by atoms with van der Waals surface area (Å²) >= 11 is 0. The number of benzene rings is 1. The van der Waals surface area contributed by atoms with E-state index in [4.69, 9.17) is 10.8 Å². The first-order chi connectivity index (χ1) is 7.72. The summed E-state index contributed by atoms with van der Waals surface area (Å²) in [6, 6.07) is -0.705. The number of aromatic hydroxyl groups is 1. The van der Waals surface area contributed by atoms with Crippen LogP contribution in [0.5, 0.6) is 5.75 Å². The molecule has 0 saturated heterocycles. The largest absolute Gasteiger partial charge is 0.507 e. The second-order valence-electron chi connectivity index (χ2n) is 4.54. The molecule has 0 amide bonds. The van der Waals surface area contributed by atoms with Gasteiger partial charge in [-0.25, -0.2) is 13.2 Å². The molecule has 0 spiro atoms. The molecule has 0 fully saturated rings. The minimum atomic E-state index is -1.69. The number of rotatable bonds is 3. The van der Waals surface area contributed by atoms with Crippen LogP contribution < -0.4 is 5.73 Å². The maximum absolute atomic E-state index is 13.5. The molecule has 0 unspecified atom stereocenters. The van der Waals surface area contributed by atoms with Crippen molar-refractivity contribution in [3.63, 3.8) is 0 Å². The Kier molecular flexibility index (Phi) is 5.46. The van der Waals surface area contributed by atoms with Crippen molar-refractivity contribution in [2.75, 3.05) is 6.61 Å². The smallest absolute Gasteiger partial charge is 0.195 e. The zero-order valence-corrected chi connectivity index (χ0v) is 10.7. The van der Waals surface area contributed by atoms with Gasteiger partial charge in [0.25, 0.3) is 0 Å². The molecule has 3 nitrogen and oxygen atoms in total. The average Bonchev–Trinajstić information content (AvgIpc) is 2.26. The van der Waals surface area contributed by atoms with E-state index >= 15 is 0 Å². The van der Waals surface area contributed by atoms with Gasteiger partial charge in [0.15, 0.2) is 17.5 Å². The Bertz CT molecular complexity index is 441. The van der Waals surface area contributed by atoms with E-state index < -0.39 is 46.8 Å². The van der Waals surface area contributed by atoms with Gasteiger partial charge in [0.05, 0.1) is 5.56 Å². The van der Waals surface area contributed by atoms with Crippen molar-refractivity contribution in [1.29, 1.82) is 0 Å². The van der Waals surface area contributed by atoms with Gasteiger partial charge < -0.3 is 15.9 Å². The predicted octanol–water partition coefficient (Wildman–Crippen LogP) is 2.25. The van der Waals surface area contributed by atoms with E-state index in [9.17, 15) is 18.3 Å². The molecule has 0 aliphatic carbocycles. The fraction of sp³-hybridized carbons (Fsp3) is 0.455. The minimum Gasteiger partial charge on any atom is -0.507 e. The first kappa shape index (κ1) is 17.0. The third-order valence-electron chi connectivity index (χ3n) is 2.74. The van der Waals surface area contributed by atoms with Crippen LogP contribution in [0, 0.1) is 22.9 Å². The molecule has 1 rings (SSSR count). The van der Waals surface area contributed by atoms with Crippen molar-refractivity contribution in [2.45, 2.75) is 19.9 Å². The Balaban J connectivity index is 0.00000289. The van der Waals surface area contributed by atoms with Gasteiger partial charge in [-0.2, -0.15) is 0 Å². The number of nitrogens with two attached hydrogens (primary N) is 1. The summed E-state index contributed by atoms with van der Waals surface area (Å²) in [5.41, 5.74) is 4.13. The third kappa shape index (κ3) is 2.88. The highest BCUT2D eigenvalue weighted by molar-refractivity contribution is 5.85. The Morgan fingerprint density at radius 3 is 2.22 bits per heavy atom. The Morgan fingerprint density at radius 2 is 1.78 bits per heavy atom. The van der Waals surface area contributed by atoms with E-state index in [1.807, 2.05) is 0 Å². The zero-order chi connectivity index (χ0) is 13.4. The Hall–Kier alpha value is -0.980. The molecular weight excluding hydrogens is 271 g/mol. The van der Waals surface area contributed by atoms with Crippen molar-refractivity contribution in [3.05, 3.63) is 29.1 Å². The lowest BCUT2D eigenvalue weighted by Gasteiger charge is -2.30. The first-order valence-corrected chi connectivity index (χ1v) is 4.95. The third-order valence-corrected chi connectivity index (χ3v) is 2.74. The summed E-state index contributed by atoms with van der Waals surface area (Å²) in [6.07, 6.45) is 0. The molecule has 0 aliphatic rings. The number of hydrogen-bond acceptors (Lipinski definition) is 3. The SMILES string of the molecule is CC(C)(CO)[C@@H](N)c1c(O)cc(F)c(F)c1F.Cl. The van der Waals surface area contributed by atoms with Crippen LogP contribution in [-0.2, 0) is 0 Å². The maximum atomic E-state index is 13.5. The quantitative estimate of drug-likeness (QED) is 0.746. The molecular formula is C11H15ClF3NO2. The lowest BCUT2D eigenvalue weighted by Crippen LogP contribution is -2.33. The number of aliphatic hydroxyl groups is 1. The summed E-state index contributed by atoms with van der Waals surface area (Å²) in [6.45, 7) is 2.63. The minimum absolute atomic E-state index is 0.